The number of halogens is 2. The van der Waals surface area contributed by atoms with E-state index >= 15 is 0 Å². The molecule has 2 nitrogen and oxygen atoms in total. The van der Waals surface area contributed by atoms with Gasteiger partial charge in [0.05, 0.1) is 15.9 Å². The van der Waals surface area contributed by atoms with E-state index in [0.29, 0.717) is 5.41 Å². The lowest BCUT2D eigenvalue weighted by molar-refractivity contribution is 0.308. The van der Waals surface area contributed by atoms with E-state index < -0.39 is 0 Å². The SMILES string of the molecule is CCc1nn(CC)c(CC(C)(CBr)C2CC2)c1Br. The van der Waals surface area contributed by atoms with E-state index in [1.165, 1.54) is 28.7 Å². The van der Waals surface area contributed by atoms with Gasteiger partial charge in [0.25, 0.3) is 0 Å². The maximum Gasteiger partial charge on any atom is 0.0766 e. The molecule has 0 aliphatic heterocycles. The van der Waals surface area contributed by atoms with E-state index in [1.807, 2.05) is 0 Å². The Balaban J connectivity index is 2.29. The van der Waals surface area contributed by atoms with Gasteiger partial charge >= 0.3 is 0 Å². The van der Waals surface area contributed by atoms with Crippen molar-refractivity contribution < 1.29 is 0 Å². The topological polar surface area (TPSA) is 17.8 Å². The van der Waals surface area contributed by atoms with Crippen LogP contribution in [0.1, 0.15) is 45.0 Å². The van der Waals surface area contributed by atoms with Crippen LogP contribution in [-0.2, 0) is 19.4 Å². The van der Waals surface area contributed by atoms with Crippen molar-refractivity contribution in [3.05, 3.63) is 15.9 Å². The summed E-state index contributed by atoms with van der Waals surface area (Å²) in [4.78, 5) is 0. The number of aromatic nitrogens is 2. The number of rotatable bonds is 6. The fourth-order valence-corrected chi connectivity index (χ4v) is 4.01. The Hall–Kier alpha value is 0.170. The Morgan fingerprint density at radius 2 is 2.06 bits per heavy atom. The first kappa shape index (κ1) is 14.6. The highest BCUT2D eigenvalue weighted by Crippen LogP contribution is 2.49. The van der Waals surface area contributed by atoms with Crippen molar-refractivity contribution >= 4 is 31.9 Å². The van der Waals surface area contributed by atoms with Crippen LogP contribution in [0.4, 0.5) is 0 Å². The van der Waals surface area contributed by atoms with Crippen molar-refractivity contribution in [1.29, 1.82) is 0 Å². The predicted molar refractivity (Wildman–Crippen MR) is 83.3 cm³/mol. The Kier molecular flexibility index (Phi) is 4.58. The summed E-state index contributed by atoms with van der Waals surface area (Å²) in [5, 5.41) is 5.78. The van der Waals surface area contributed by atoms with Crippen LogP contribution >= 0.6 is 31.9 Å². The van der Waals surface area contributed by atoms with Crippen LogP contribution in [0.2, 0.25) is 0 Å². The Morgan fingerprint density at radius 1 is 1.39 bits per heavy atom. The molecule has 102 valence electrons. The van der Waals surface area contributed by atoms with Crippen molar-refractivity contribution in [2.24, 2.45) is 11.3 Å². The number of hydrogen-bond donors (Lipinski definition) is 0. The lowest BCUT2D eigenvalue weighted by Gasteiger charge is -2.27. The summed E-state index contributed by atoms with van der Waals surface area (Å²) in [6.45, 7) is 7.70. The highest BCUT2D eigenvalue weighted by Gasteiger charge is 2.41. The van der Waals surface area contributed by atoms with E-state index in [-0.39, 0.29) is 0 Å². The van der Waals surface area contributed by atoms with Gasteiger partial charge in [0.15, 0.2) is 0 Å². The molecular formula is C14H22Br2N2. The largest absolute Gasteiger partial charge is 0.268 e. The second kappa shape index (κ2) is 5.66. The number of alkyl halides is 1. The minimum atomic E-state index is 0.375. The molecule has 1 aromatic heterocycles. The summed E-state index contributed by atoms with van der Waals surface area (Å²) in [5.41, 5.74) is 2.95. The van der Waals surface area contributed by atoms with E-state index in [4.69, 9.17) is 5.10 Å². The lowest BCUT2D eigenvalue weighted by Crippen LogP contribution is -2.26. The van der Waals surface area contributed by atoms with E-state index in [2.05, 4.69) is 57.3 Å². The number of aryl methyl sites for hydroxylation is 2. The highest BCUT2D eigenvalue weighted by atomic mass is 79.9. The molecule has 0 spiro atoms. The first-order chi connectivity index (χ1) is 8.55. The Bertz CT molecular complexity index is 424. The van der Waals surface area contributed by atoms with Gasteiger partial charge in [0.2, 0.25) is 0 Å². The van der Waals surface area contributed by atoms with Crippen LogP contribution in [0, 0.1) is 11.3 Å². The minimum Gasteiger partial charge on any atom is -0.268 e. The van der Waals surface area contributed by atoms with Gasteiger partial charge in [-0.3, -0.25) is 4.68 Å². The first-order valence-electron chi connectivity index (χ1n) is 6.85. The molecule has 1 aromatic rings. The normalized spacial score (nSPS) is 18.9. The molecule has 1 aliphatic carbocycles. The molecule has 1 aliphatic rings. The van der Waals surface area contributed by atoms with E-state index in [0.717, 1.165) is 30.6 Å². The molecule has 0 radical (unpaired) electrons. The van der Waals surface area contributed by atoms with Crippen LogP contribution in [-0.4, -0.2) is 15.1 Å². The van der Waals surface area contributed by atoms with Crippen LogP contribution in [0.25, 0.3) is 0 Å². The van der Waals surface area contributed by atoms with Gasteiger partial charge in [-0.15, -0.1) is 0 Å². The van der Waals surface area contributed by atoms with E-state index in [1.54, 1.807) is 0 Å². The molecule has 0 saturated heterocycles. The maximum absolute atomic E-state index is 4.70. The molecule has 1 unspecified atom stereocenters. The third-order valence-electron chi connectivity index (χ3n) is 4.13. The van der Waals surface area contributed by atoms with Crippen LogP contribution in [0.3, 0.4) is 0 Å². The van der Waals surface area contributed by atoms with Crippen LogP contribution < -0.4 is 0 Å². The van der Waals surface area contributed by atoms with Crippen molar-refractivity contribution in [3.8, 4) is 0 Å². The molecule has 1 atom stereocenters. The molecule has 0 amide bonds. The molecular weight excluding hydrogens is 356 g/mol. The second-order valence-corrected chi connectivity index (χ2v) is 6.97. The summed E-state index contributed by atoms with van der Waals surface area (Å²) < 4.78 is 3.41. The zero-order valence-corrected chi connectivity index (χ0v) is 14.6. The smallest absolute Gasteiger partial charge is 0.0766 e. The second-order valence-electron chi connectivity index (χ2n) is 5.62. The quantitative estimate of drug-likeness (QED) is 0.663. The third-order valence-corrected chi connectivity index (χ3v) is 6.33. The van der Waals surface area contributed by atoms with Crippen LogP contribution in [0.15, 0.2) is 4.47 Å². The molecule has 0 bridgehead atoms. The van der Waals surface area contributed by atoms with Gasteiger partial charge in [-0.2, -0.15) is 5.10 Å². The standard InChI is InChI=1S/C14H22Br2N2/c1-4-11-13(16)12(18(5-2)17-11)8-14(3,9-15)10-6-7-10/h10H,4-9H2,1-3H3. The minimum absolute atomic E-state index is 0.375. The van der Waals surface area contributed by atoms with Crippen molar-refractivity contribution in [3.63, 3.8) is 0 Å². The summed E-state index contributed by atoms with van der Waals surface area (Å²) in [6.07, 6.45) is 4.89. The highest BCUT2D eigenvalue weighted by molar-refractivity contribution is 9.10. The predicted octanol–water partition coefficient (Wildman–Crippen LogP) is 4.58. The molecule has 0 N–H and O–H groups in total. The van der Waals surface area contributed by atoms with Crippen LogP contribution in [0.5, 0.6) is 0 Å². The van der Waals surface area contributed by atoms with Crippen molar-refractivity contribution in [1.82, 2.24) is 9.78 Å². The van der Waals surface area contributed by atoms with E-state index in [9.17, 15) is 0 Å². The van der Waals surface area contributed by atoms with Gasteiger partial charge in [-0.25, -0.2) is 0 Å². The summed E-state index contributed by atoms with van der Waals surface area (Å²) in [5.74, 6) is 0.883. The van der Waals surface area contributed by atoms with Crippen molar-refractivity contribution in [2.45, 2.75) is 53.0 Å². The zero-order chi connectivity index (χ0) is 13.3. The number of nitrogens with zero attached hydrogens (tertiary/aromatic N) is 2. The molecule has 1 saturated carbocycles. The maximum atomic E-state index is 4.70. The molecule has 2 rings (SSSR count). The van der Waals surface area contributed by atoms with Crippen molar-refractivity contribution in [2.75, 3.05) is 5.33 Å². The van der Waals surface area contributed by atoms with Gasteiger partial charge in [-0.05, 0) is 59.9 Å². The monoisotopic (exact) mass is 376 g/mol. The first-order valence-corrected chi connectivity index (χ1v) is 8.77. The van der Waals surface area contributed by atoms with Gasteiger partial charge < -0.3 is 0 Å². The molecule has 1 fully saturated rings. The number of hydrogen-bond acceptors (Lipinski definition) is 1. The lowest BCUT2D eigenvalue weighted by atomic mass is 9.82. The fourth-order valence-electron chi connectivity index (χ4n) is 2.65. The third kappa shape index (κ3) is 2.69. The summed E-state index contributed by atoms with van der Waals surface area (Å²) in [6, 6.07) is 0. The summed E-state index contributed by atoms with van der Waals surface area (Å²) in [7, 11) is 0. The molecule has 1 heterocycles. The van der Waals surface area contributed by atoms with Gasteiger partial charge in [-0.1, -0.05) is 29.8 Å². The Labute approximate surface area is 127 Å². The molecule has 0 aromatic carbocycles. The molecule has 18 heavy (non-hydrogen) atoms. The Morgan fingerprint density at radius 3 is 2.50 bits per heavy atom. The average Bonchev–Trinajstić information content (AvgIpc) is 3.18. The van der Waals surface area contributed by atoms with Gasteiger partial charge in [0.1, 0.15) is 0 Å². The molecule has 4 heteroatoms. The van der Waals surface area contributed by atoms with Gasteiger partial charge in [0, 0.05) is 11.9 Å². The average molecular weight is 378 g/mol. The zero-order valence-electron chi connectivity index (χ0n) is 11.5. The summed E-state index contributed by atoms with van der Waals surface area (Å²) >= 11 is 7.48. The fraction of sp³-hybridized carbons (Fsp3) is 0.786.